The summed E-state index contributed by atoms with van der Waals surface area (Å²) in [4.78, 5) is 17.2. The zero-order valence-corrected chi connectivity index (χ0v) is 15.5. The van der Waals surface area contributed by atoms with Crippen LogP contribution in [-0.2, 0) is 0 Å². The van der Waals surface area contributed by atoms with Crippen molar-refractivity contribution in [1.82, 2.24) is 15.5 Å². The van der Waals surface area contributed by atoms with Gasteiger partial charge in [0, 0.05) is 11.1 Å². The van der Waals surface area contributed by atoms with Crippen LogP contribution in [0.2, 0.25) is 0 Å². The van der Waals surface area contributed by atoms with Crippen molar-refractivity contribution in [1.29, 1.82) is 0 Å². The summed E-state index contributed by atoms with van der Waals surface area (Å²) in [5, 5.41) is 7.11. The average molecular weight is 349 g/mol. The smallest absolute Gasteiger partial charge is 0.251 e. The van der Waals surface area contributed by atoms with Gasteiger partial charge in [0.25, 0.3) is 5.91 Å². The molecule has 0 bridgehead atoms. The molecule has 1 amide bonds. The molecule has 0 saturated heterocycles. The Morgan fingerprint density at radius 3 is 2.31 bits per heavy atom. The van der Waals surface area contributed by atoms with Gasteiger partial charge in [-0.3, -0.25) is 4.79 Å². The number of aromatic nitrogens is 2. The van der Waals surface area contributed by atoms with Crippen LogP contribution in [0.3, 0.4) is 0 Å². The van der Waals surface area contributed by atoms with E-state index in [0.29, 0.717) is 17.3 Å². The number of amides is 1. The number of rotatable bonds is 4. The summed E-state index contributed by atoms with van der Waals surface area (Å²) in [5.41, 5.74) is 2.30. The highest BCUT2D eigenvalue weighted by atomic mass is 16.5. The normalized spacial score (nSPS) is 12.6. The van der Waals surface area contributed by atoms with Gasteiger partial charge in [0.1, 0.15) is 6.04 Å². The number of aryl methyl sites for hydroxylation is 1. The lowest BCUT2D eigenvalue weighted by Crippen LogP contribution is -2.36. The Kier molecular flexibility index (Phi) is 4.89. The molecule has 0 unspecified atom stereocenters. The van der Waals surface area contributed by atoms with Crippen molar-refractivity contribution in [3.63, 3.8) is 0 Å². The van der Waals surface area contributed by atoms with E-state index in [9.17, 15) is 4.79 Å². The maximum absolute atomic E-state index is 12.7. The van der Waals surface area contributed by atoms with Gasteiger partial charge < -0.3 is 9.84 Å². The van der Waals surface area contributed by atoms with E-state index < -0.39 is 6.04 Å². The van der Waals surface area contributed by atoms with Crippen LogP contribution in [0.4, 0.5) is 0 Å². The van der Waals surface area contributed by atoms with Gasteiger partial charge in [0.15, 0.2) is 0 Å². The van der Waals surface area contributed by atoms with Crippen LogP contribution in [0.5, 0.6) is 0 Å². The Labute approximate surface area is 153 Å². The lowest BCUT2D eigenvalue weighted by atomic mass is 9.86. The van der Waals surface area contributed by atoms with Crippen molar-refractivity contribution in [2.75, 3.05) is 0 Å². The van der Waals surface area contributed by atoms with Crippen molar-refractivity contribution >= 4 is 5.91 Å². The lowest BCUT2D eigenvalue weighted by Gasteiger charge is -2.28. The number of benzene rings is 2. The van der Waals surface area contributed by atoms with Gasteiger partial charge in [0.2, 0.25) is 11.7 Å². The van der Waals surface area contributed by atoms with E-state index in [0.717, 1.165) is 11.1 Å². The van der Waals surface area contributed by atoms with Crippen LogP contribution in [-0.4, -0.2) is 16.0 Å². The second kappa shape index (κ2) is 7.12. The quantitative estimate of drug-likeness (QED) is 0.749. The number of nitrogens with one attached hydrogen (secondary N) is 1. The van der Waals surface area contributed by atoms with E-state index in [1.807, 2.05) is 82.3 Å². The minimum Gasteiger partial charge on any atom is -0.340 e. The Morgan fingerprint density at radius 1 is 1.04 bits per heavy atom. The predicted octanol–water partition coefficient (Wildman–Crippen LogP) is 4.56. The molecule has 0 aliphatic heterocycles. The molecule has 134 valence electrons. The monoisotopic (exact) mass is 349 g/mol. The largest absolute Gasteiger partial charge is 0.340 e. The Hall–Kier alpha value is -2.95. The Bertz CT molecular complexity index is 878. The van der Waals surface area contributed by atoms with Crippen molar-refractivity contribution in [3.05, 3.63) is 71.6 Å². The van der Waals surface area contributed by atoms with E-state index in [1.54, 1.807) is 0 Å². The van der Waals surface area contributed by atoms with Crippen LogP contribution in [0.25, 0.3) is 11.4 Å². The fourth-order valence-electron chi connectivity index (χ4n) is 2.62. The molecule has 1 heterocycles. The standard InChI is InChI=1S/C21H23N3O2/c1-14-10-12-16(13-11-14)19(25)22-17(21(2,3)4)20-23-18(24-26-20)15-8-6-5-7-9-15/h5-13,17H,1-4H3,(H,22,25)/t17-/m1/s1. The molecule has 0 spiro atoms. The van der Waals surface area contributed by atoms with Gasteiger partial charge in [0.05, 0.1) is 0 Å². The van der Waals surface area contributed by atoms with Crippen LogP contribution >= 0.6 is 0 Å². The molecular weight excluding hydrogens is 326 g/mol. The molecule has 0 aliphatic carbocycles. The number of carbonyl (C=O) groups is 1. The summed E-state index contributed by atoms with van der Waals surface area (Å²) in [6.07, 6.45) is 0. The summed E-state index contributed by atoms with van der Waals surface area (Å²) in [6.45, 7) is 8.07. The first-order valence-electron chi connectivity index (χ1n) is 8.61. The van der Waals surface area contributed by atoms with Crippen LogP contribution in [0.15, 0.2) is 59.1 Å². The number of nitrogens with zero attached hydrogens (tertiary/aromatic N) is 2. The fraction of sp³-hybridized carbons (Fsp3) is 0.286. The third kappa shape index (κ3) is 3.99. The first-order valence-corrected chi connectivity index (χ1v) is 8.61. The second-order valence-corrected chi connectivity index (χ2v) is 7.46. The molecule has 0 fully saturated rings. The molecular formula is C21H23N3O2. The molecule has 0 radical (unpaired) electrons. The third-order valence-corrected chi connectivity index (χ3v) is 4.18. The summed E-state index contributed by atoms with van der Waals surface area (Å²) in [5.74, 6) is 0.751. The van der Waals surface area contributed by atoms with Gasteiger partial charge in [-0.05, 0) is 24.5 Å². The second-order valence-electron chi connectivity index (χ2n) is 7.46. The first kappa shape index (κ1) is 17.9. The summed E-state index contributed by atoms with van der Waals surface area (Å²) in [6, 6.07) is 16.7. The highest BCUT2D eigenvalue weighted by Crippen LogP contribution is 2.33. The van der Waals surface area contributed by atoms with Crippen molar-refractivity contribution in [2.45, 2.75) is 33.7 Å². The molecule has 5 nitrogen and oxygen atoms in total. The average Bonchev–Trinajstić information content (AvgIpc) is 3.09. The molecule has 0 aliphatic rings. The first-order chi connectivity index (χ1) is 12.3. The zero-order valence-electron chi connectivity index (χ0n) is 15.5. The van der Waals surface area contributed by atoms with Crippen LogP contribution < -0.4 is 5.32 Å². The van der Waals surface area contributed by atoms with Crippen molar-refractivity contribution < 1.29 is 9.32 Å². The topological polar surface area (TPSA) is 68.0 Å². The van der Waals surface area contributed by atoms with Gasteiger partial charge in [-0.15, -0.1) is 0 Å². The number of hydrogen-bond acceptors (Lipinski definition) is 4. The SMILES string of the molecule is Cc1ccc(C(=O)N[C@H](c2nc(-c3ccccc3)no2)C(C)(C)C)cc1. The summed E-state index contributed by atoms with van der Waals surface area (Å²) >= 11 is 0. The third-order valence-electron chi connectivity index (χ3n) is 4.18. The number of carbonyl (C=O) groups excluding carboxylic acids is 1. The summed E-state index contributed by atoms with van der Waals surface area (Å²) < 4.78 is 5.49. The van der Waals surface area contributed by atoms with Crippen molar-refractivity contribution in [3.8, 4) is 11.4 Å². The Morgan fingerprint density at radius 2 is 1.69 bits per heavy atom. The molecule has 3 aromatic rings. The molecule has 26 heavy (non-hydrogen) atoms. The van der Waals surface area contributed by atoms with Gasteiger partial charge in [-0.25, -0.2) is 0 Å². The highest BCUT2D eigenvalue weighted by Gasteiger charge is 2.33. The minimum atomic E-state index is -0.402. The van der Waals surface area contributed by atoms with Crippen LogP contribution in [0, 0.1) is 12.3 Å². The zero-order chi connectivity index (χ0) is 18.7. The maximum Gasteiger partial charge on any atom is 0.251 e. The number of hydrogen-bond donors (Lipinski definition) is 1. The molecule has 5 heteroatoms. The van der Waals surface area contributed by atoms with Crippen molar-refractivity contribution in [2.24, 2.45) is 5.41 Å². The predicted molar refractivity (Wildman–Crippen MR) is 101 cm³/mol. The Balaban J connectivity index is 1.86. The molecule has 0 saturated carbocycles. The van der Waals surface area contributed by atoms with Gasteiger partial charge in [-0.2, -0.15) is 4.98 Å². The summed E-state index contributed by atoms with van der Waals surface area (Å²) in [7, 11) is 0. The molecule has 1 atom stereocenters. The van der Waals surface area contributed by atoms with E-state index in [1.165, 1.54) is 0 Å². The lowest BCUT2D eigenvalue weighted by molar-refractivity contribution is 0.0881. The molecule has 1 N–H and O–H groups in total. The van der Waals surface area contributed by atoms with E-state index in [4.69, 9.17) is 4.52 Å². The fourth-order valence-corrected chi connectivity index (χ4v) is 2.62. The van der Waals surface area contributed by atoms with E-state index in [2.05, 4.69) is 15.5 Å². The van der Waals surface area contributed by atoms with E-state index in [-0.39, 0.29) is 11.3 Å². The molecule has 3 rings (SSSR count). The van der Waals surface area contributed by atoms with Crippen LogP contribution in [0.1, 0.15) is 48.6 Å². The minimum absolute atomic E-state index is 0.163. The van der Waals surface area contributed by atoms with Gasteiger partial charge >= 0.3 is 0 Å². The maximum atomic E-state index is 12.7. The molecule has 1 aromatic heterocycles. The highest BCUT2D eigenvalue weighted by molar-refractivity contribution is 5.94. The van der Waals surface area contributed by atoms with E-state index >= 15 is 0 Å². The molecule has 2 aromatic carbocycles. The van der Waals surface area contributed by atoms with Gasteiger partial charge in [-0.1, -0.05) is 74.0 Å².